The fourth-order valence-electron chi connectivity index (χ4n) is 2.56. The number of nitrogens with zero attached hydrogens (tertiary/aromatic N) is 4. The van der Waals surface area contributed by atoms with Crippen LogP contribution in [0.2, 0.25) is 0 Å². The van der Waals surface area contributed by atoms with E-state index in [9.17, 15) is 5.11 Å². The van der Waals surface area contributed by atoms with Crippen LogP contribution in [0.3, 0.4) is 0 Å². The molecule has 0 bridgehead atoms. The molecule has 5 nitrogen and oxygen atoms in total. The van der Waals surface area contributed by atoms with Crippen molar-refractivity contribution < 1.29 is 5.11 Å². The number of hydrogen-bond acceptors (Lipinski definition) is 4. The maximum atomic E-state index is 9.38. The molecule has 98 valence electrons. The van der Waals surface area contributed by atoms with E-state index in [2.05, 4.69) is 15.0 Å². The third-order valence-corrected chi connectivity index (χ3v) is 3.35. The van der Waals surface area contributed by atoms with Crippen molar-refractivity contribution in [2.45, 2.75) is 25.8 Å². The minimum atomic E-state index is 0. The molecule has 2 aromatic heterocycles. The molecule has 6 heteroatoms. The van der Waals surface area contributed by atoms with E-state index >= 15 is 0 Å². The van der Waals surface area contributed by atoms with E-state index in [0.29, 0.717) is 0 Å². The normalized spacial score (nSPS) is 19.2. The molecule has 1 atom stereocenters. The first-order chi connectivity index (χ1) is 8.29. The van der Waals surface area contributed by atoms with Crippen molar-refractivity contribution in [1.82, 2.24) is 14.6 Å². The van der Waals surface area contributed by atoms with E-state index in [-0.39, 0.29) is 25.1 Å². The zero-order valence-electron chi connectivity index (χ0n) is 10.3. The van der Waals surface area contributed by atoms with Crippen LogP contribution in [0.5, 0.6) is 0 Å². The van der Waals surface area contributed by atoms with Crippen molar-refractivity contribution >= 4 is 23.7 Å². The van der Waals surface area contributed by atoms with Crippen LogP contribution in [-0.2, 0) is 0 Å². The minimum Gasteiger partial charge on any atom is -0.394 e. The summed E-state index contributed by atoms with van der Waals surface area (Å²) in [6, 6.07) is 2.23. The molecule has 0 aliphatic carbocycles. The van der Waals surface area contributed by atoms with Gasteiger partial charge in [-0.15, -0.1) is 12.4 Å². The Morgan fingerprint density at radius 2 is 2.33 bits per heavy atom. The molecule has 2 aromatic rings. The number of halogens is 1. The average molecular weight is 269 g/mol. The van der Waals surface area contributed by atoms with Crippen molar-refractivity contribution in [1.29, 1.82) is 0 Å². The molecule has 1 aliphatic rings. The highest BCUT2D eigenvalue weighted by Crippen LogP contribution is 2.27. The lowest BCUT2D eigenvalue weighted by atomic mass is 10.2. The lowest BCUT2D eigenvalue weighted by molar-refractivity contribution is 0.266. The van der Waals surface area contributed by atoms with Crippen LogP contribution in [0.15, 0.2) is 18.5 Å². The third kappa shape index (κ3) is 2.04. The van der Waals surface area contributed by atoms with Crippen LogP contribution < -0.4 is 4.90 Å². The number of aliphatic hydroxyl groups is 1. The fraction of sp³-hybridized carbons (Fsp3) is 0.500. The number of aliphatic hydroxyl groups excluding tert-OH is 1. The van der Waals surface area contributed by atoms with Gasteiger partial charge in [0.1, 0.15) is 5.52 Å². The standard InChI is InChI=1S/C12H16N4O.ClH/c1-9-7-11-12(13-4-6-16(11)14-9)15-5-2-3-10(15)8-17;/h4,6-7,10,17H,2-3,5,8H2,1H3;1H. The molecule has 1 unspecified atom stereocenters. The molecule has 1 fully saturated rings. The highest BCUT2D eigenvalue weighted by Gasteiger charge is 2.26. The average Bonchev–Trinajstić information content (AvgIpc) is 2.92. The first-order valence-electron chi connectivity index (χ1n) is 5.98. The van der Waals surface area contributed by atoms with Gasteiger partial charge in [0.25, 0.3) is 0 Å². The predicted octanol–water partition coefficient (Wildman–Crippen LogP) is 1.42. The fourth-order valence-corrected chi connectivity index (χ4v) is 2.56. The zero-order valence-corrected chi connectivity index (χ0v) is 11.1. The van der Waals surface area contributed by atoms with Crippen molar-refractivity contribution in [3.63, 3.8) is 0 Å². The van der Waals surface area contributed by atoms with Crippen LogP contribution in [0.25, 0.3) is 5.52 Å². The van der Waals surface area contributed by atoms with Crippen LogP contribution >= 0.6 is 12.4 Å². The Morgan fingerprint density at radius 1 is 1.50 bits per heavy atom. The molecule has 1 aliphatic heterocycles. The molecule has 18 heavy (non-hydrogen) atoms. The van der Waals surface area contributed by atoms with Crippen molar-refractivity contribution in [2.75, 3.05) is 18.1 Å². The molecule has 3 rings (SSSR count). The van der Waals surface area contributed by atoms with Gasteiger partial charge in [-0.2, -0.15) is 5.10 Å². The van der Waals surface area contributed by atoms with Gasteiger partial charge in [-0.3, -0.25) is 0 Å². The van der Waals surface area contributed by atoms with E-state index in [1.54, 1.807) is 6.20 Å². The Bertz CT molecular complexity index is 542. The van der Waals surface area contributed by atoms with Crippen LogP contribution in [0.1, 0.15) is 18.5 Å². The summed E-state index contributed by atoms with van der Waals surface area (Å²) >= 11 is 0. The maximum Gasteiger partial charge on any atom is 0.155 e. The molecule has 3 heterocycles. The molecule has 1 saturated heterocycles. The monoisotopic (exact) mass is 268 g/mol. The molecular formula is C12H17ClN4O. The number of aromatic nitrogens is 3. The summed E-state index contributed by atoms with van der Waals surface area (Å²) in [5.41, 5.74) is 2.00. The topological polar surface area (TPSA) is 53.7 Å². The minimum absolute atomic E-state index is 0. The Kier molecular flexibility index (Phi) is 3.73. The molecule has 0 spiro atoms. The first-order valence-corrected chi connectivity index (χ1v) is 5.98. The Morgan fingerprint density at radius 3 is 3.11 bits per heavy atom. The second-order valence-electron chi connectivity index (χ2n) is 4.54. The first kappa shape index (κ1) is 13.1. The summed E-state index contributed by atoms with van der Waals surface area (Å²) in [6.07, 6.45) is 5.77. The van der Waals surface area contributed by atoms with E-state index in [1.807, 2.05) is 23.7 Å². The number of fused-ring (bicyclic) bond motifs is 1. The number of rotatable bonds is 2. The van der Waals surface area contributed by atoms with Crippen molar-refractivity contribution in [3.8, 4) is 0 Å². The molecule has 0 radical (unpaired) electrons. The summed E-state index contributed by atoms with van der Waals surface area (Å²) in [7, 11) is 0. The summed E-state index contributed by atoms with van der Waals surface area (Å²) in [4.78, 5) is 6.65. The highest BCUT2D eigenvalue weighted by molar-refractivity contribution is 5.85. The largest absolute Gasteiger partial charge is 0.394 e. The van der Waals surface area contributed by atoms with Crippen molar-refractivity contribution in [2.24, 2.45) is 0 Å². The van der Waals surface area contributed by atoms with Gasteiger partial charge in [0.15, 0.2) is 5.82 Å². The number of hydrogen-bond donors (Lipinski definition) is 1. The Balaban J connectivity index is 0.00000120. The van der Waals surface area contributed by atoms with E-state index in [0.717, 1.165) is 36.4 Å². The number of anilines is 1. The van der Waals surface area contributed by atoms with Gasteiger partial charge in [-0.1, -0.05) is 0 Å². The highest BCUT2D eigenvalue weighted by atomic mass is 35.5. The lowest BCUT2D eigenvalue weighted by Gasteiger charge is -2.24. The zero-order chi connectivity index (χ0) is 11.8. The SMILES string of the molecule is Cc1cc2c(N3CCCC3CO)nccn2n1.Cl. The molecule has 1 N–H and O–H groups in total. The lowest BCUT2D eigenvalue weighted by Crippen LogP contribution is -2.33. The summed E-state index contributed by atoms with van der Waals surface area (Å²) < 4.78 is 1.85. The third-order valence-electron chi connectivity index (χ3n) is 3.35. The predicted molar refractivity (Wildman–Crippen MR) is 72.4 cm³/mol. The van der Waals surface area contributed by atoms with Gasteiger partial charge < -0.3 is 10.0 Å². The number of aryl methyl sites for hydroxylation is 1. The van der Waals surface area contributed by atoms with Gasteiger partial charge in [0, 0.05) is 18.9 Å². The van der Waals surface area contributed by atoms with E-state index < -0.39 is 0 Å². The van der Waals surface area contributed by atoms with Gasteiger partial charge in [0.05, 0.1) is 18.3 Å². The molecule has 0 saturated carbocycles. The second kappa shape index (κ2) is 5.12. The van der Waals surface area contributed by atoms with Crippen LogP contribution in [-0.4, -0.2) is 38.9 Å². The smallest absolute Gasteiger partial charge is 0.155 e. The molecule has 0 aromatic carbocycles. The Hall–Kier alpha value is -1.33. The van der Waals surface area contributed by atoms with Crippen molar-refractivity contribution in [3.05, 3.63) is 24.2 Å². The van der Waals surface area contributed by atoms with E-state index in [4.69, 9.17) is 0 Å². The Labute approximate surface area is 112 Å². The van der Waals surface area contributed by atoms with Gasteiger partial charge in [0.2, 0.25) is 0 Å². The van der Waals surface area contributed by atoms with Crippen LogP contribution in [0, 0.1) is 6.92 Å². The second-order valence-corrected chi connectivity index (χ2v) is 4.54. The van der Waals surface area contributed by atoms with E-state index in [1.165, 1.54) is 0 Å². The summed E-state index contributed by atoms with van der Waals surface area (Å²) in [5.74, 6) is 0.935. The van der Waals surface area contributed by atoms with Crippen LogP contribution in [0.4, 0.5) is 5.82 Å². The summed E-state index contributed by atoms with van der Waals surface area (Å²) in [6.45, 7) is 3.13. The summed E-state index contributed by atoms with van der Waals surface area (Å²) in [5, 5.41) is 13.8. The van der Waals surface area contributed by atoms with Gasteiger partial charge >= 0.3 is 0 Å². The van der Waals surface area contributed by atoms with Gasteiger partial charge in [-0.05, 0) is 25.8 Å². The van der Waals surface area contributed by atoms with Gasteiger partial charge in [-0.25, -0.2) is 9.50 Å². The molecule has 0 amide bonds. The maximum absolute atomic E-state index is 9.38. The quantitative estimate of drug-likeness (QED) is 0.895. The molecular weight excluding hydrogens is 252 g/mol.